The maximum atomic E-state index is 2.80. The lowest BCUT2D eigenvalue weighted by molar-refractivity contribution is 0.332. The summed E-state index contributed by atoms with van der Waals surface area (Å²) in [7, 11) is 0. The van der Waals surface area contributed by atoms with Gasteiger partial charge >= 0.3 is 0 Å². The molecule has 2 aliphatic heterocycles. The molecule has 0 atom stereocenters. The molecular formula is C93H107BN4. The zero-order chi connectivity index (χ0) is 70.0. The molecule has 0 saturated heterocycles. The molecule has 0 fully saturated rings. The van der Waals surface area contributed by atoms with Crippen molar-refractivity contribution < 1.29 is 0 Å². The van der Waals surface area contributed by atoms with Crippen LogP contribution in [0.3, 0.4) is 0 Å². The van der Waals surface area contributed by atoms with Crippen molar-refractivity contribution in [2.24, 2.45) is 0 Å². The average molecular weight is 1290 g/mol. The van der Waals surface area contributed by atoms with Crippen molar-refractivity contribution >= 4 is 80.0 Å². The molecule has 0 radical (unpaired) electrons. The van der Waals surface area contributed by atoms with Crippen LogP contribution in [0.5, 0.6) is 0 Å². The Bertz CT molecular complexity index is 4510. The van der Waals surface area contributed by atoms with Gasteiger partial charge < -0.3 is 19.6 Å². The molecule has 4 nitrogen and oxygen atoms in total. The van der Waals surface area contributed by atoms with E-state index in [2.05, 4.69) is 371 Å². The summed E-state index contributed by atoms with van der Waals surface area (Å²) < 4.78 is 0. The molecule has 10 aromatic carbocycles. The van der Waals surface area contributed by atoms with Crippen molar-refractivity contribution in [3.63, 3.8) is 0 Å². The van der Waals surface area contributed by atoms with Crippen LogP contribution in [0.1, 0.15) is 206 Å². The molecule has 0 spiro atoms. The van der Waals surface area contributed by atoms with E-state index in [0.29, 0.717) is 6.54 Å². The zero-order valence-electron chi connectivity index (χ0n) is 63.0. The second-order valence-corrected chi connectivity index (χ2v) is 35.6. The smallest absolute Gasteiger partial charge is 0.252 e. The minimum absolute atomic E-state index is 0.0181. The van der Waals surface area contributed by atoms with Crippen LogP contribution in [0.15, 0.2) is 206 Å². The second kappa shape index (κ2) is 24.7. The van der Waals surface area contributed by atoms with E-state index in [4.69, 9.17) is 0 Å². The monoisotopic (exact) mass is 1290 g/mol. The highest BCUT2D eigenvalue weighted by molar-refractivity contribution is 7.00. The third-order valence-electron chi connectivity index (χ3n) is 22.1. The summed E-state index contributed by atoms with van der Waals surface area (Å²) in [5, 5.41) is 0. The van der Waals surface area contributed by atoms with Gasteiger partial charge in [-0.1, -0.05) is 264 Å². The van der Waals surface area contributed by atoms with Gasteiger partial charge in [0.05, 0.1) is 5.69 Å². The van der Waals surface area contributed by atoms with Crippen LogP contribution in [-0.2, 0) is 50.9 Å². The second-order valence-electron chi connectivity index (χ2n) is 35.6. The third-order valence-corrected chi connectivity index (χ3v) is 22.1. The Morgan fingerprint density at radius 3 is 1.42 bits per heavy atom. The topological polar surface area (TPSA) is 13.0 Å². The summed E-state index contributed by atoms with van der Waals surface area (Å²) >= 11 is 0. The fourth-order valence-electron chi connectivity index (χ4n) is 15.8. The molecule has 3 aliphatic rings. The fourth-order valence-corrected chi connectivity index (χ4v) is 15.8. The Morgan fingerprint density at radius 2 is 0.888 bits per heavy atom. The number of hydrogen-bond acceptors (Lipinski definition) is 4. The summed E-state index contributed by atoms with van der Waals surface area (Å²) in [4.78, 5) is 10.6. The van der Waals surface area contributed by atoms with E-state index in [1.165, 1.54) is 123 Å². The molecular weight excluding hydrogens is 1180 g/mol. The molecule has 0 aromatic heterocycles. The molecule has 0 unspecified atom stereocenters. The highest BCUT2D eigenvalue weighted by Crippen LogP contribution is 2.52. The van der Waals surface area contributed by atoms with Gasteiger partial charge in [0.25, 0.3) is 6.71 Å². The molecule has 0 N–H and O–H groups in total. The van der Waals surface area contributed by atoms with Gasteiger partial charge in [0.2, 0.25) is 0 Å². The van der Waals surface area contributed by atoms with E-state index < -0.39 is 0 Å². The van der Waals surface area contributed by atoms with Crippen molar-refractivity contribution in [3.05, 3.63) is 267 Å². The van der Waals surface area contributed by atoms with Crippen LogP contribution in [0.25, 0.3) is 11.1 Å². The first-order valence-electron chi connectivity index (χ1n) is 36.4. The highest BCUT2D eigenvalue weighted by atomic mass is 15.2. The van der Waals surface area contributed by atoms with Gasteiger partial charge in [0.1, 0.15) is 0 Å². The minimum Gasteiger partial charge on any atom is -0.342 e. The third kappa shape index (κ3) is 13.0. The van der Waals surface area contributed by atoms with Gasteiger partial charge in [-0.2, -0.15) is 0 Å². The van der Waals surface area contributed by atoms with Gasteiger partial charge in [0.15, 0.2) is 0 Å². The average Bonchev–Trinajstić information content (AvgIpc) is 0.688. The lowest BCUT2D eigenvalue weighted by Gasteiger charge is -2.48. The number of nitrogens with zero attached hydrogens (tertiary/aromatic N) is 4. The van der Waals surface area contributed by atoms with Crippen LogP contribution >= 0.6 is 0 Å². The number of rotatable bonds is 12. The predicted octanol–water partition coefficient (Wildman–Crippen LogP) is 23.6. The Labute approximate surface area is 590 Å². The van der Waals surface area contributed by atoms with Gasteiger partial charge in [-0.25, -0.2) is 0 Å². The maximum absolute atomic E-state index is 2.80. The zero-order valence-corrected chi connectivity index (χ0v) is 63.0. The first kappa shape index (κ1) is 68.0. The van der Waals surface area contributed by atoms with Crippen LogP contribution in [0.4, 0.5) is 56.9 Å². The molecule has 2 heterocycles. The summed E-state index contributed by atoms with van der Waals surface area (Å²) in [6.07, 6.45) is 3.08. The number of aryl methyl sites for hydroxylation is 2. The molecule has 0 bridgehead atoms. The molecule has 13 rings (SSSR count). The Balaban J connectivity index is 1.16. The lowest BCUT2D eigenvalue weighted by Crippen LogP contribution is -2.62. The van der Waals surface area contributed by atoms with Crippen LogP contribution < -0.4 is 36.0 Å². The quantitative estimate of drug-likeness (QED) is 0.113. The number of fused-ring (bicyclic) bond motifs is 5. The standard InChI is InChI=1S/C93H107BN4/c1-61-30-40-70(41-31-61)96(71-42-32-62(2)33-43-71)60-65-52-80-83(58-77(65)91(15,16)17)98(74-29-25-28-68(53-74)89(9,10)11)85-56-75(97(72-44-36-66(37-45-72)87(3,4)5)73-46-38-67(39-47-73)88(6,7)8)55-84-86(85)94(80)81-57-78-79(93(20,21)50-49-92(78,18)19)59-82(81)95(84)51-48-64-34-35-69(90(12,13)14)54-76(64)63-26-23-22-24-27-63/h22-47,52-59H,48-51,60H2,1-21H3. The van der Waals surface area contributed by atoms with Crippen LogP contribution in [0, 0.1) is 13.8 Å². The van der Waals surface area contributed by atoms with Gasteiger partial charge in [0, 0.05) is 64.3 Å². The lowest BCUT2D eigenvalue weighted by atomic mass is 9.33. The molecule has 0 saturated carbocycles. The molecule has 502 valence electrons. The van der Waals surface area contributed by atoms with E-state index in [1.54, 1.807) is 0 Å². The SMILES string of the molecule is Cc1ccc(N(Cc2cc3c(cc2C(C)(C)C)N(c2cccc(C(C)(C)C)c2)c2cc(N(c4ccc(C(C)(C)C)cc4)c4ccc(C(C)(C)C)cc4)cc4c2B3c2cc3c(cc2N4CCc2ccc(C(C)(C)C)cc2-c2ccccc2)C(C)(C)CCC3(C)C)c2ccc(C)cc2)cc1. The summed E-state index contributed by atoms with van der Waals surface area (Å²) in [6.45, 7) is 51.1. The van der Waals surface area contributed by atoms with Crippen molar-refractivity contribution in [2.75, 3.05) is 26.1 Å². The van der Waals surface area contributed by atoms with Crippen LogP contribution in [0.2, 0.25) is 0 Å². The normalized spacial score (nSPS) is 14.9. The maximum Gasteiger partial charge on any atom is 0.252 e. The summed E-state index contributed by atoms with van der Waals surface area (Å²) in [5.74, 6) is 0. The predicted molar refractivity (Wildman–Crippen MR) is 426 cm³/mol. The molecule has 5 heteroatoms. The van der Waals surface area contributed by atoms with Crippen LogP contribution in [-0.4, -0.2) is 13.3 Å². The van der Waals surface area contributed by atoms with E-state index in [1.807, 2.05) is 0 Å². The first-order chi connectivity index (χ1) is 46.0. The molecule has 1 aliphatic carbocycles. The van der Waals surface area contributed by atoms with Gasteiger partial charge in [-0.15, -0.1) is 0 Å². The first-order valence-corrected chi connectivity index (χ1v) is 36.4. The van der Waals surface area contributed by atoms with E-state index >= 15 is 0 Å². The van der Waals surface area contributed by atoms with Gasteiger partial charge in [-0.3, -0.25) is 0 Å². The van der Waals surface area contributed by atoms with Crippen molar-refractivity contribution in [1.29, 1.82) is 0 Å². The van der Waals surface area contributed by atoms with E-state index in [0.717, 1.165) is 48.6 Å². The van der Waals surface area contributed by atoms with E-state index in [9.17, 15) is 0 Å². The number of benzene rings is 10. The van der Waals surface area contributed by atoms with Crippen molar-refractivity contribution in [2.45, 2.75) is 209 Å². The molecule has 0 amide bonds. The molecule has 10 aromatic rings. The highest BCUT2D eigenvalue weighted by Gasteiger charge is 2.48. The summed E-state index contributed by atoms with van der Waals surface area (Å²) in [5.41, 5.74) is 32.9. The fraction of sp³-hybridized carbons (Fsp3) is 0.355. The Hall–Kier alpha value is -8.54. The van der Waals surface area contributed by atoms with Crippen molar-refractivity contribution in [3.8, 4) is 11.1 Å². The number of hydrogen-bond donors (Lipinski definition) is 0. The largest absolute Gasteiger partial charge is 0.342 e. The minimum atomic E-state index is -0.238. The van der Waals surface area contributed by atoms with E-state index in [-0.39, 0.29) is 44.6 Å². The Kier molecular flexibility index (Phi) is 17.2. The Morgan fingerprint density at radius 1 is 0.398 bits per heavy atom. The van der Waals surface area contributed by atoms with Gasteiger partial charge in [-0.05, 0) is 234 Å². The summed E-state index contributed by atoms with van der Waals surface area (Å²) in [6, 6.07) is 81.3. The number of anilines is 10. The molecule has 98 heavy (non-hydrogen) atoms. The van der Waals surface area contributed by atoms with Crippen molar-refractivity contribution in [1.82, 2.24) is 0 Å².